The van der Waals surface area contributed by atoms with Gasteiger partial charge in [-0.3, -0.25) is 14.6 Å². The van der Waals surface area contributed by atoms with E-state index < -0.39 is 0 Å². The zero-order valence-corrected chi connectivity index (χ0v) is 12.5. The van der Waals surface area contributed by atoms with Gasteiger partial charge in [-0.05, 0) is 18.2 Å². The van der Waals surface area contributed by atoms with Crippen LogP contribution in [-0.2, 0) is 7.05 Å². The fourth-order valence-corrected chi connectivity index (χ4v) is 2.63. The van der Waals surface area contributed by atoms with Gasteiger partial charge in [0.25, 0.3) is 5.91 Å². The lowest BCUT2D eigenvalue weighted by Crippen LogP contribution is -2.49. The average molecular weight is 298 g/mol. The van der Waals surface area contributed by atoms with Crippen LogP contribution in [0, 0.1) is 0 Å². The van der Waals surface area contributed by atoms with E-state index in [-0.39, 0.29) is 11.5 Å². The van der Waals surface area contributed by atoms with E-state index in [4.69, 9.17) is 0 Å². The number of aromatic nitrogens is 2. The predicted octanol–water partition coefficient (Wildman–Crippen LogP) is 0.743. The molecule has 1 aliphatic rings. The zero-order valence-electron chi connectivity index (χ0n) is 12.5. The molecule has 6 nitrogen and oxygen atoms in total. The summed E-state index contributed by atoms with van der Waals surface area (Å²) in [6, 6.07) is 6.98. The molecule has 6 heteroatoms. The number of amides is 1. The summed E-state index contributed by atoms with van der Waals surface area (Å²) in [5, 5.41) is 0. The molecule has 0 atom stereocenters. The minimum atomic E-state index is -0.112. The normalized spacial score (nSPS) is 15.0. The second-order valence-corrected chi connectivity index (χ2v) is 5.35. The molecule has 0 aromatic carbocycles. The average Bonchev–Trinajstić information content (AvgIpc) is 2.58. The molecule has 0 spiro atoms. The van der Waals surface area contributed by atoms with Crippen molar-refractivity contribution in [3.05, 3.63) is 58.8 Å². The molecule has 3 rings (SSSR count). The third-order valence-electron chi connectivity index (χ3n) is 3.93. The number of anilines is 1. The van der Waals surface area contributed by atoms with Crippen molar-refractivity contribution in [2.24, 2.45) is 7.05 Å². The first-order chi connectivity index (χ1) is 10.6. The van der Waals surface area contributed by atoms with Crippen LogP contribution >= 0.6 is 0 Å². The van der Waals surface area contributed by atoms with E-state index in [2.05, 4.69) is 9.88 Å². The highest BCUT2D eigenvalue weighted by Gasteiger charge is 2.22. The van der Waals surface area contributed by atoms with E-state index in [9.17, 15) is 9.59 Å². The van der Waals surface area contributed by atoms with Crippen molar-refractivity contribution in [1.29, 1.82) is 0 Å². The Balaban J connectivity index is 1.67. The highest BCUT2D eigenvalue weighted by Crippen LogP contribution is 2.15. The van der Waals surface area contributed by atoms with E-state index >= 15 is 0 Å². The molecular weight excluding hydrogens is 280 g/mol. The lowest BCUT2D eigenvalue weighted by molar-refractivity contribution is 0.0746. The van der Waals surface area contributed by atoms with E-state index in [0.717, 1.165) is 18.8 Å². The topological polar surface area (TPSA) is 58.4 Å². The van der Waals surface area contributed by atoms with Crippen LogP contribution in [0.25, 0.3) is 0 Å². The number of hydrogen-bond donors (Lipinski definition) is 0. The molecule has 2 aromatic heterocycles. The smallest absolute Gasteiger partial charge is 0.255 e. The molecule has 1 amide bonds. The van der Waals surface area contributed by atoms with Crippen molar-refractivity contribution >= 4 is 11.6 Å². The monoisotopic (exact) mass is 298 g/mol. The Morgan fingerprint density at radius 2 is 1.73 bits per heavy atom. The molecule has 1 fully saturated rings. The fourth-order valence-electron chi connectivity index (χ4n) is 2.63. The minimum absolute atomic E-state index is 0.0232. The largest absolute Gasteiger partial charge is 0.368 e. The molecule has 1 saturated heterocycles. The molecule has 0 radical (unpaired) electrons. The van der Waals surface area contributed by atoms with Crippen LogP contribution in [0.3, 0.4) is 0 Å². The van der Waals surface area contributed by atoms with E-state index in [0.29, 0.717) is 18.7 Å². The van der Waals surface area contributed by atoms with Gasteiger partial charge >= 0.3 is 0 Å². The van der Waals surface area contributed by atoms with Crippen LogP contribution in [0.5, 0.6) is 0 Å². The van der Waals surface area contributed by atoms with Gasteiger partial charge < -0.3 is 14.4 Å². The molecule has 0 unspecified atom stereocenters. The Morgan fingerprint density at radius 3 is 2.36 bits per heavy atom. The Morgan fingerprint density at radius 1 is 1.05 bits per heavy atom. The Kier molecular flexibility index (Phi) is 3.91. The summed E-state index contributed by atoms with van der Waals surface area (Å²) in [6.07, 6.45) is 5.15. The third kappa shape index (κ3) is 2.86. The summed E-state index contributed by atoms with van der Waals surface area (Å²) in [6.45, 7) is 2.93. The summed E-state index contributed by atoms with van der Waals surface area (Å²) in [5.74, 6) is -0.0232. The Labute approximate surface area is 128 Å². The molecule has 3 heterocycles. The molecule has 2 aromatic rings. The molecule has 0 bridgehead atoms. The van der Waals surface area contributed by atoms with Crippen molar-refractivity contribution in [1.82, 2.24) is 14.5 Å². The molecule has 1 aliphatic heterocycles. The number of pyridine rings is 2. The zero-order chi connectivity index (χ0) is 15.5. The Hall–Kier alpha value is -2.63. The van der Waals surface area contributed by atoms with Crippen LogP contribution in [0.2, 0.25) is 0 Å². The highest BCUT2D eigenvalue weighted by molar-refractivity contribution is 5.94. The number of carbonyl (C=O) groups is 1. The summed E-state index contributed by atoms with van der Waals surface area (Å²) in [5.41, 5.74) is 1.57. The maximum Gasteiger partial charge on any atom is 0.255 e. The van der Waals surface area contributed by atoms with Crippen LogP contribution in [0.15, 0.2) is 47.7 Å². The predicted molar refractivity (Wildman–Crippen MR) is 84.0 cm³/mol. The van der Waals surface area contributed by atoms with Crippen LogP contribution in [-0.4, -0.2) is 46.5 Å². The maximum atomic E-state index is 12.5. The second-order valence-electron chi connectivity index (χ2n) is 5.35. The van der Waals surface area contributed by atoms with Gasteiger partial charge in [0, 0.05) is 63.6 Å². The molecular formula is C16H18N4O2. The van der Waals surface area contributed by atoms with Gasteiger partial charge in [-0.25, -0.2) is 0 Å². The molecule has 0 aliphatic carbocycles. The first kappa shape index (κ1) is 14.3. The van der Waals surface area contributed by atoms with Crippen molar-refractivity contribution in [2.45, 2.75) is 0 Å². The van der Waals surface area contributed by atoms with Crippen LogP contribution in [0.4, 0.5) is 5.69 Å². The number of rotatable bonds is 2. The molecule has 114 valence electrons. The van der Waals surface area contributed by atoms with Crippen LogP contribution in [0.1, 0.15) is 10.4 Å². The maximum absolute atomic E-state index is 12.5. The molecule has 0 N–H and O–H groups in total. The summed E-state index contributed by atoms with van der Waals surface area (Å²) in [7, 11) is 1.65. The quantitative estimate of drug-likeness (QED) is 0.820. The number of aryl methyl sites for hydroxylation is 1. The number of hydrogen-bond acceptors (Lipinski definition) is 4. The first-order valence-electron chi connectivity index (χ1n) is 7.26. The lowest BCUT2D eigenvalue weighted by Gasteiger charge is -2.36. The van der Waals surface area contributed by atoms with Crippen molar-refractivity contribution < 1.29 is 4.79 Å². The minimum Gasteiger partial charge on any atom is -0.368 e. The lowest BCUT2D eigenvalue weighted by atomic mass is 10.2. The number of carbonyl (C=O) groups excluding carboxylic acids is 1. The van der Waals surface area contributed by atoms with E-state index in [1.807, 2.05) is 17.0 Å². The standard InChI is InChI=1S/C16H18N4O2/c1-18-12-13(2-3-15(18)21)16(22)20-10-8-19(9-11-20)14-4-6-17-7-5-14/h2-7,12H,8-11H2,1H3. The van der Waals surface area contributed by atoms with E-state index in [1.165, 1.54) is 10.6 Å². The van der Waals surface area contributed by atoms with Crippen molar-refractivity contribution in [3.63, 3.8) is 0 Å². The van der Waals surface area contributed by atoms with Crippen molar-refractivity contribution in [2.75, 3.05) is 31.1 Å². The fraction of sp³-hybridized carbons (Fsp3) is 0.312. The summed E-state index contributed by atoms with van der Waals surface area (Å²) < 4.78 is 1.43. The summed E-state index contributed by atoms with van der Waals surface area (Å²) in [4.78, 5) is 32.0. The van der Waals surface area contributed by atoms with Gasteiger partial charge in [0.1, 0.15) is 0 Å². The van der Waals surface area contributed by atoms with Gasteiger partial charge in [-0.15, -0.1) is 0 Å². The van der Waals surface area contributed by atoms with Crippen LogP contribution < -0.4 is 10.5 Å². The van der Waals surface area contributed by atoms with E-state index in [1.54, 1.807) is 31.7 Å². The number of piperazine rings is 1. The number of nitrogens with zero attached hydrogens (tertiary/aromatic N) is 4. The van der Waals surface area contributed by atoms with Gasteiger partial charge in [0.15, 0.2) is 0 Å². The second kappa shape index (κ2) is 6.01. The summed E-state index contributed by atoms with van der Waals surface area (Å²) >= 11 is 0. The van der Waals surface area contributed by atoms with Gasteiger partial charge in [-0.2, -0.15) is 0 Å². The SMILES string of the molecule is Cn1cc(C(=O)N2CCN(c3ccncc3)CC2)ccc1=O. The van der Waals surface area contributed by atoms with Gasteiger partial charge in [0.05, 0.1) is 5.56 Å². The molecule has 22 heavy (non-hydrogen) atoms. The van der Waals surface area contributed by atoms with Gasteiger partial charge in [0.2, 0.25) is 5.56 Å². The third-order valence-corrected chi connectivity index (χ3v) is 3.93. The first-order valence-corrected chi connectivity index (χ1v) is 7.26. The Bertz CT molecular complexity index is 718. The molecule has 0 saturated carbocycles. The van der Waals surface area contributed by atoms with Crippen molar-refractivity contribution in [3.8, 4) is 0 Å². The highest BCUT2D eigenvalue weighted by atomic mass is 16.2. The van der Waals surface area contributed by atoms with Gasteiger partial charge in [-0.1, -0.05) is 0 Å².